The quantitative estimate of drug-likeness (QED) is 0.700. The van der Waals surface area contributed by atoms with Crippen molar-refractivity contribution < 1.29 is 28.5 Å². The van der Waals surface area contributed by atoms with E-state index in [1.165, 1.54) is 33.0 Å². The minimum atomic E-state index is -0.968. The number of ether oxygens (including phenoxy) is 4. The first kappa shape index (κ1) is 21.5. The van der Waals surface area contributed by atoms with Crippen LogP contribution in [0, 0.1) is 0 Å². The zero-order valence-electron chi connectivity index (χ0n) is 17.7. The van der Waals surface area contributed by atoms with Crippen molar-refractivity contribution in [3.63, 3.8) is 0 Å². The summed E-state index contributed by atoms with van der Waals surface area (Å²) in [6, 6.07) is 11.0. The average Bonchev–Trinajstić information content (AvgIpc) is 2.78. The molecule has 2 atom stereocenters. The van der Waals surface area contributed by atoms with Crippen LogP contribution < -0.4 is 19.5 Å². The molecule has 0 spiro atoms. The molecule has 0 saturated heterocycles. The fourth-order valence-corrected chi connectivity index (χ4v) is 3.66. The molecule has 0 fully saturated rings. The molecule has 2 aromatic carbocycles. The van der Waals surface area contributed by atoms with Crippen LogP contribution in [0.15, 0.2) is 36.4 Å². The lowest BCUT2D eigenvalue weighted by atomic mass is 9.87. The van der Waals surface area contributed by atoms with Gasteiger partial charge in [-0.2, -0.15) is 0 Å². The summed E-state index contributed by atoms with van der Waals surface area (Å²) in [5.41, 5.74) is 2.52. The third kappa shape index (κ3) is 4.50. The van der Waals surface area contributed by atoms with E-state index in [1.54, 1.807) is 13.0 Å². The van der Waals surface area contributed by atoms with Crippen LogP contribution >= 0.6 is 0 Å². The Hall–Kier alpha value is -3.22. The highest BCUT2D eigenvalue weighted by Gasteiger charge is 2.27. The van der Waals surface area contributed by atoms with Crippen molar-refractivity contribution >= 4 is 11.9 Å². The van der Waals surface area contributed by atoms with Gasteiger partial charge in [0.25, 0.3) is 5.91 Å². The molecular formula is C23H27NO6. The Bertz CT molecular complexity index is 926. The van der Waals surface area contributed by atoms with Crippen molar-refractivity contribution in [3.8, 4) is 17.2 Å². The van der Waals surface area contributed by atoms with E-state index < -0.39 is 12.1 Å². The Kier molecular flexibility index (Phi) is 6.82. The molecule has 7 heteroatoms. The monoisotopic (exact) mass is 413 g/mol. The van der Waals surface area contributed by atoms with Crippen LogP contribution in [-0.4, -0.2) is 39.3 Å². The number of hydrogen-bond donors (Lipinski definition) is 1. The maximum atomic E-state index is 12.7. The highest BCUT2D eigenvalue weighted by molar-refractivity contribution is 5.95. The standard InChI is InChI=1S/C23H27NO6/c1-14(22(25)24-18-11-7-9-15-8-5-6-10-16(15)18)30-23(26)17-12-20(28-3)21(29-4)13-19(17)27-2/h5-6,8,10,12-14,18H,7,9,11H2,1-4H3,(H,24,25)/t14-,18+/m1/s1. The van der Waals surface area contributed by atoms with Crippen LogP contribution in [0.3, 0.4) is 0 Å². The van der Waals surface area contributed by atoms with Gasteiger partial charge in [-0.05, 0) is 37.3 Å². The molecule has 1 aliphatic rings. The van der Waals surface area contributed by atoms with Gasteiger partial charge >= 0.3 is 5.97 Å². The van der Waals surface area contributed by atoms with Crippen molar-refractivity contribution in [2.24, 2.45) is 0 Å². The minimum Gasteiger partial charge on any atom is -0.496 e. The van der Waals surface area contributed by atoms with Crippen molar-refractivity contribution in [3.05, 3.63) is 53.1 Å². The van der Waals surface area contributed by atoms with Gasteiger partial charge in [-0.1, -0.05) is 24.3 Å². The second-order valence-corrected chi connectivity index (χ2v) is 7.11. The molecule has 160 valence electrons. The highest BCUT2D eigenvalue weighted by atomic mass is 16.6. The summed E-state index contributed by atoms with van der Waals surface area (Å²) >= 11 is 0. The van der Waals surface area contributed by atoms with Crippen LogP contribution in [0.5, 0.6) is 17.2 Å². The molecular weight excluding hydrogens is 386 g/mol. The van der Waals surface area contributed by atoms with Gasteiger partial charge in [0, 0.05) is 12.1 Å². The molecule has 30 heavy (non-hydrogen) atoms. The number of fused-ring (bicyclic) bond motifs is 1. The van der Waals surface area contributed by atoms with E-state index in [9.17, 15) is 9.59 Å². The van der Waals surface area contributed by atoms with Crippen molar-refractivity contribution in [1.82, 2.24) is 5.32 Å². The van der Waals surface area contributed by atoms with Crippen LogP contribution in [0.25, 0.3) is 0 Å². The number of amides is 1. The molecule has 0 aliphatic heterocycles. The summed E-state index contributed by atoms with van der Waals surface area (Å²) in [5.74, 6) is 0.0317. The maximum absolute atomic E-state index is 12.7. The third-order valence-electron chi connectivity index (χ3n) is 5.26. The highest BCUT2D eigenvalue weighted by Crippen LogP contribution is 2.35. The lowest BCUT2D eigenvalue weighted by Gasteiger charge is -2.27. The second kappa shape index (κ2) is 9.52. The molecule has 0 unspecified atom stereocenters. The lowest BCUT2D eigenvalue weighted by molar-refractivity contribution is -0.130. The summed E-state index contributed by atoms with van der Waals surface area (Å²) < 4.78 is 21.2. The fourth-order valence-electron chi connectivity index (χ4n) is 3.66. The molecule has 0 bridgehead atoms. The SMILES string of the molecule is COc1cc(OC)c(C(=O)O[C@H](C)C(=O)N[C@H]2CCCc3ccccc32)cc1OC. The summed E-state index contributed by atoms with van der Waals surface area (Å²) in [6.45, 7) is 1.55. The van der Waals surface area contributed by atoms with Gasteiger partial charge in [0.2, 0.25) is 0 Å². The Labute approximate surface area is 176 Å². The first-order valence-corrected chi connectivity index (χ1v) is 9.87. The van der Waals surface area contributed by atoms with Gasteiger partial charge in [-0.3, -0.25) is 4.79 Å². The van der Waals surface area contributed by atoms with Crippen LogP contribution in [0.1, 0.15) is 47.3 Å². The largest absolute Gasteiger partial charge is 0.496 e. The third-order valence-corrected chi connectivity index (χ3v) is 5.26. The smallest absolute Gasteiger partial charge is 0.342 e. The van der Waals surface area contributed by atoms with Gasteiger partial charge in [0.05, 0.1) is 27.4 Å². The van der Waals surface area contributed by atoms with Gasteiger partial charge in [-0.25, -0.2) is 4.79 Å². The van der Waals surface area contributed by atoms with Crippen molar-refractivity contribution in [2.75, 3.05) is 21.3 Å². The normalized spacial score (nSPS) is 16.1. The number of hydrogen-bond acceptors (Lipinski definition) is 6. The van der Waals surface area contributed by atoms with E-state index in [-0.39, 0.29) is 23.3 Å². The molecule has 3 rings (SSSR count). The molecule has 7 nitrogen and oxygen atoms in total. The molecule has 0 aromatic heterocycles. The number of aryl methyl sites for hydroxylation is 1. The number of esters is 1. The van der Waals surface area contributed by atoms with Crippen molar-refractivity contribution in [1.29, 1.82) is 0 Å². The second-order valence-electron chi connectivity index (χ2n) is 7.11. The van der Waals surface area contributed by atoms with E-state index in [4.69, 9.17) is 18.9 Å². The summed E-state index contributed by atoms with van der Waals surface area (Å²) in [5, 5.41) is 3.01. The van der Waals surface area contributed by atoms with Gasteiger partial charge < -0.3 is 24.3 Å². The number of methoxy groups -OCH3 is 3. The molecule has 0 radical (unpaired) electrons. The van der Waals surface area contributed by atoms with Crippen LogP contribution in [0.4, 0.5) is 0 Å². The maximum Gasteiger partial charge on any atom is 0.342 e. The molecule has 1 aliphatic carbocycles. The molecule has 1 amide bonds. The zero-order valence-corrected chi connectivity index (χ0v) is 17.7. The number of rotatable bonds is 7. The first-order valence-electron chi connectivity index (χ1n) is 9.87. The Balaban J connectivity index is 1.71. The Morgan fingerprint density at radius 1 is 1.00 bits per heavy atom. The first-order chi connectivity index (χ1) is 14.5. The number of carbonyl (C=O) groups is 2. The molecule has 1 N–H and O–H groups in total. The van der Waals surface area contributed by atoms with E-state index in [2.05, 4.69) is 11.4 Å². The Morgan fingerprint density at radius 3 is 2.37 bits per heavy atom. The topological polar surface area (TPSA) is 83.1 Å². The Morgan fingerprint density at radius 2 is 1.67 bits per heavy atom. The number of nitrogens with one attached hydrogen (secondary N) is 1. The minimum absolute atomic E-state index is 0.0841. The van der Waals surface area contributed by atoms with Gasteiger partial charge in [-0.15, -0.1) is 0 Å². The van der Waals surface area contributed by atoms with Crippen LogP contribution in [-0.2, 0) is 16.0 Å². The van der Waals surface area contributed by atoms with E-state index >= 15 is 0 Å². The van der Waals surface area contributed by atoms with Gasteiger partial charge in [0.1, 0.15) is 11.3 Å². The number of carbonyl (C=O) groups excluding carboxylic acids is 2. The summed E-state index contributed by atoms with van der Waals surface area (Å²) in [7, 11) is 4.40. The summed E-state index contributed by atoms with van der Waals surface area (Å²) in [4.78, 5) is 25.4. The average molecular weight is 413 g/mol. The van der Waals surface area contributed by atoms with Gasteiger partial charge in [0.15, 0.2) is 17.6 Å². The summed E-state index contributed by atoms with van der Waals surface area (Å²) in [6.07, 6.45) is 1.89. The zero-order chi connectivity index (χ0) is 21.7. The van der Waals surface area contributed by atoms with E-state index in [0.717, 1.165) is 24.8 Å². The molecule has 0 saturated carbocycles. The van der Waals surface area contributed by atoms with Crippen LogP contribution in [0.2, 0.25) is 0 Å². The predicted molar refractivity (Wildman–Crippen MR) is 111 cm³/mol. The fraction of sp³-hybridized carbons (Fsp3) is 0.391. The number of benzene rings is 2. The molecule has 0 heterocycles. The molecule has 2 aromatic rings. The lowest BCUT2D eigenvalue weighted by Crippen LogP contribution is -2.39. The predicted octanol–water partition coefficient (Wildman–Crippen LogP) is 3.45. The van der Waals surface area contributed by atoms with Crippen molar-refractivity contribution in [2.45, 2.75) is 38.3 Å². The van der Waals surface area contributed by atoms with E-state index in [0.29, 0.717) is 11.5 Å². The van der Waals surface area contributed by atoms with E-state index in [1.807, 2.05) is 18.2 Å².